The van der Waals surface area contributed by atoms with Crippen LogP contribution in [0.3, 0.4) is 0 Å². The Kier molecular flexibility index (Phi) is 7.95. The average molecular weight is 538 g/mol. The van der Waals surface area contributed by atoms with E-state index in [1.165, 1.54) is 24.0 Å². The molecular formula is C22H15ClF7N3OS. The summed E-state index contributed by atoms with van der Waals surface area (Å²) in [6.07, 6.45) is -7.36. The van der Waals surface area contributed by atoms with Crippen molar-refractivity contribution in [3.63, 3.8) is 0 Å². The third-order valence-electron chi connectivity index (χ3n) is 4.73. The Labute approximate surface area is 203 Å². The second kappa shape index (κ2) is 10.4. The van der Waals surface area contributed by atoms with Gasteiger partial charge in [0.2, 0.25) is 0 Å². The minimum atomic E-state index is -4.97. The number of nitrogens with one attached hydrogen (secondary N) is 1. The van der Waals surface area contributed by atoms with Crippen LogP contribution in [0.15, 0.2) is 47.8 Å². The highest BCUT2D eigenvalue weighted by molar-refractivity contribution is 7.98. The zero-order valence-electron chi connectivity index (χ0n) is 17.7. The molecule has 0 saturated carbocycles. The van der Waals surface area contributed by atoms with Gasteiger partial charge in [-0.25, -0.2) is 14.4 Å². The van der Waals surface area contributed by atoms with Gasteiger partial charge >= 0.3 is 12.4 Å². The van der Waals surface area contributed by atoms with Gasteiger partial charge in [0.25, 0.3) is 5.91 Å². The van der Waals surface area contributed by atoms with E-state index >= 15 is 0 Å². The van der Waals surface area contributed by atoms with Gasteiger partial charge in [0.1, 0.15) is 5.82 Å². The largest absolute Gasteiger partial charge is 0.416 e. The molecule has 0 saturated heterocycles. The summed E-state index contributed by atoms with van der Waals surface area (Å²) >= 11 is 7.28. The third-order valence-corrected chi connectivity index (χ3v) is 5.60. The average Bonchev–Trinajstić information content (AvgIpc) is 2.77. The molecule has 0 unspecified atom stereocenters. The molecule has 0 radical (unpaired) electrons. The lowest BCUT2D eigenvalue weighted by Gasteiger charge is -2.15. The molecule has 0 atom stereocenters. The first-order valence-electron chi connectivity index (χ1n) is 9.72. The van der Waals surface area contributed by atoms with Crippen molar-refractivity contribution in [1.29, 1.82) is 0 Å². The van der Waals surface area contributed by atoms with Crippen molar-refractivity contribution in [2.75, 3.05) is 12.8 Å². The van der Waals surface area contributed by atoms with Crippen molar-refractivity contribution in [2.24, 2.45) is 0 Å². The van der Waals surface area contributed by atoms with Crippen molar-refractivity contribution in [2.45, 2.75) is 23.9 Å². The number of halogens is 8. The normalized spacial score (nSPS) is 12.0. The van der Waals surface area contributed by atoms with Crippen LogP contribution >= 0.6 is 23.4 Å². The summed E-state index contributed by atoms with van der Waals surface area (Å²) < 4.78 is 91.7. The Hall–Kier alpha value is -2.86. The van der Waals surface area contributed by atoms with Gasteiger partial charge in [-0.15, -0.1) is 0 Å². The number of amides is 1. The molecule has 0 bridgehead atoms. The molecule has 186 valence electrons. The Morgan fingerprint density at radius 1 is 1.03 bits per heavy atom. The van der Waals surface area contributed by atoms with E-state index in [0.29, 0.717) is 17.3 Å². The molecule has 13 heteroatoms. The molecule has 1 amide bonds. The van der Waals surface area contributed by atoms with Gasteiger partial charge in [-0.3, -0.25) is 4.79 Å². The highest BCUT2D eigenvalue weighted by atomic mass is 35.5. The van der Waals surface area contributed by atoms with Gasteiger partial charge in [0.15, 0.2) is 5.16 Å². The summed E-state index contributed by atoms with van der Waals surface area (Å²) in [6.45, 7) is -0.279. The zero-order valence-corrected chi connectivity index (χ0v) is 19.3. The molecule has 35 heavy (non-hydrogen) atoms. The van der Waals surface area contributed by atoms with Gasteiger partial charge in [0.05, 0.1) is 27.4 Å². The van der Waals surface area contributed by atoms with Gasteiger partial charge < -0.3 is 5.32 Å². The van der Waals surface area contributed by atoms with Crippen LogP contribution in [-0.4, -0.2) is 28.7 Å². The summed E-state index contributed by atoms with van der Waals surface area (Å²) in [5, 5.41) is 2.71. The van der Waals surface area contributed by atoms with Crippen molar-refractivity contribution in [1.82, 2.24) is 15.3 Å². The predicted octanol–water partition coefficient (Wildman–Crippen LogP) is 6.67. The molecule has 0 spiro atoms. The molecule has 3 aromatic rings. The van der Waals surface area contributed by atoms with Crippen LogP contribution in [0, 0.1) is 5.82 Å². The Bertz CT molecular complexity index is 1220. The molecule has 4 nitrogen and oxygen atoms in total. The fraction of sp³-hybridized carbons (Fsp3) is 0.227. The maximum absolute atomic E-state index is 13.5. The van der Waals surface area contributed by atoms with Crippen LogP contribution in [0.1, 0.15) is 27.0 Å². The van der Waals surface area contributed by atoms with Gasteiger partial charge in [-0.05, 0) is 54.6 Å². The number of aromatic nitrogens is 2. The number of hydrogen-bond acceptors (Lipinski definition) is 4. The van der Waals surface area contributed by atoms with Crippen LogP contribution in [0.2, 0.25) is 5.02 Å². The van der Waals surface area contributed by atoms with E-state index in [9.17, 15) is 35.5 Å². The van der Waals surface area contributed by atoms with Crippen LogP contribution in [0.5, 0.6) is 0 Å². The fourth-order valence-corrected chi connectivity index (χ4v) is 3.69. The minimum Gasteiger partial charge on any atom is -0.352 e. The molecule has 2 aromatic carbocycles. The van der Waals surface area contributed by atoms with Crippen LogP contribution in [0.25, 0.3) is 11.3 Å². The van der Waals surface area contributed by atoms with Gasteiger partial charge in [0, 0.05) is 18.3 Å². The highest BCUT2D eigenvalue weighted by Gasteiger charge is 2.36. The topological polar surface area (TPSA) is 54.9 Å². The molecule has 3 rings (SSSR count). The number of hydrogen-bond donors (Lipinski definition) is 1. The Morgan fingerprint density at radius 3 is 2.20 bits per heavy atom. The van der Waals surface area contributed by atoms with E-state index in [4.69, 9.17) is 11.6 Å². The third kappa shape index (κ3) is 6.63. The van der Waals surface area contributed by atoms with E-state index < -0.39 is 35.2 Å². The highest BCUT2D eigenvalue weighted by Crippen LogP contribution is 2.36. The van der Waals surface area contributed by atoms with Crippen molar-refractivity contribution >= 4 is 29.3 Å². The Morgan fingerprint density at radius 2 is 1.66 bits per heavy atom. The lowest BCUT2D eigenvalue weighted by molar-refractivity contribution is -0.143. The number of alkyl halides is 6. The van der Waals surface area contributed by atoms with Crippen molar-refractivity contribution < 1.29 is 35.5 Å². The summed E-state index contributed by atoms with van der Waals surface area (Å²) in [5.74, 6) is -1.35. The van der Waals surface area contributed by atoms with Crippen LogP contribution < -0.4 is 5.32 Å². The molecule has 1 aromatic heterocycles. The molecule has 0 aliphatic carbocycles. The predicted molar refractivity (Wildman–Crippen MR) is 117 cm³/mol. The second-order valence-electron chi connectivity index (χ2n) is 7.16. The SMILES string of the molecule is CSc1ncc(C(=O)NCCc2cc(C(F)(F)F)cc(C(F)(F)F)c2)c(-c2ccc(F)cc2Cl)n1. The van der Waals surface area contributed by atoms with E-state index in [2.05, 4.69) is 15.3 Å². The first-order chi connectivity index (χ1) is 16.3. The van der Waals surface area contributed by atoms with E-state index in [-0.39, 0.29) is 46.4 Å². The van der Waals surface area contributed by atoms with Crippen molar-refractivity contribution in [3.8, 4) is 11.3 Å². The Balaban J connectivity index is 1.85. The molecule has 1 N–H and O–H groups in total. The molecular weight excluding hydrogens is 523 g/mol. The second-order valence-corrected chi connectivity index (χ2v) is 8.34. The van der Waals surface area contributed by atoms with E-state index in [1.54, 1.807) is 6.26 Å². The molecule has 0 aliphatic heterocycles. The maximum Gasteiger partial charge on any atom is 0.416 e. The lowest BCUT2D eigenvalue weighted by atomic mass is 10.0. The summed E-state index contributed by atoms with van der Waals surface area (Å²) in [5.41, 5.74) is -2.88. The monoisotopic (exact) mass is 537 g/mol. The zero-order chi connectivity index (χ0) is 26.0. The number of thioether (sulfide) groups is 1. The van der Waals surface area contributed by atoms with Gasteiger partial charge in [-0.1, -0.05) is 23.4 Å². The maximum atomic E-state index is 13.5. The lowest BCUT2D eigenvalue weighted by Crippen LogP contribution is -2.27. The van der Waals surface area contributed by atoms with Crippen molar-refractivity contribution in [3.05, 3.63) is 75.7 Å². The number of carbonyl (C=O) groups is 1. The number of rotatable bonds is 6. The molecule has 0 aliphatic rings. The fourth-order valence-electron chi connectivity index (χ4n) is 3.10. The smallest absolute Gasteiger partial charge is 0.352 e. The summed E-state index contributed by atoms with van der Waals surface area (Å²) in [6, 6.07) is 4.71. The van der Waals surface area contributed by atoms with Crippen LogP contribution in [0.4, 0.5) is 30.7 Å². The summed E-state index contributed by atoms with van der Waals surface area (Å²) in [4.78, 5) is 21.1. The van der Waals surface area contributed by atoms with E-state index in [1.807, 2.05) is 0 Å². The quantitative estimate of drug-likeness (QED) is 0.217. The molecule has 1 heterocycles. The number of nitrogens with zero attached hydrogens (tertiary/aromatic N) is 2. The van der Waals surface area contributed by atoms with Gasteiger partial charge in [-0.2, -0.15) is 26.3 Å². The van der Waals surface area contributed by atoms with Crippen LogP contribution in [-0.2, 0) is 18.8 Å². The summed E-state index contributed by atoms with van der Waals surface area (Å²) in [7, 11) is 0. The van der Waals surface area contributed by atoms with E-state index in [0.717, 1.165) is 12.1 Å². The first kappa shape index (κ1) is 26.7. The standard InChI is InChI=1S/C22H15ClF7N3OS/c1-35-20-32-10-16(18(33-20)15-3-2-14(24)9-17(15)23)19(34)31-5-4-11-6-12(21(25,26)27)8-13(7-11)22(28,29)30/h2-3,6-10H,4-5H2,1H3,(H,31,34). The first-order valence-corrected chi connectivity index (χ1v) is 11.3. The molecule has 0 fully saturated rings. The number of benzene rings is 2. The minimum absolute atomic E-state index is 0.0200. The number of carbonyl (C=O) groups excluding carboxylic acids is 1.